The first kappa shape index (κ1) is 19.1. The van der Waals surface area contributed by atoms with Crippen LogP contribution in [-0.2, 0) is 9.59 Å². The van der Waals surface area contributed by atoms with Gasteiger partial charge in [-0.15, -0.1) is 0 Å². The number of rotatable bonds is 12. The predicted octanol–water partition coefficient (Wildman–Crippen LogP) is 3.56. The number of aliphatic carboxylic acids is 1. The first-order valence-corrected chi connectivity index (χ1v) is 7.88. The number of Topliss-reactive ketones (excluding diaryl/α,β-unsaturated/α-hetero) is 1. The van der Waals surface area contributed by atoms with E-state index in [0.29, 0.717) is 12.8 Å². The fourth-order valence-corrected chi connectivity index (χ4v) is 2.58. The summed E-state index contributed by atoms with van der Waals surface area (Å²) in [4.78, 5) is 24.0. The molecule has 0 saturated heterocycles. The summed E-state index contributed by atoms with van der Waals surface area (Å²) in [5.41, 5.74) is -1.61. The third kappa shape index (κ3) is 5.23. The van der Waals surface area contributed by atoms with Crippen LogP contribution in [0.15, 0.2) is 0 Å². The number of carbonyl (C=O) groups is 2. The highest BCUT2D eigenvalue weighted by Gasteiger charge is 2.48. The summed E-state index contributed by atoms with van der Waals surface area (Å²) in [7, 11) is 0. The quantitative estimate of drug-likeness (QED) is 0.425. The standard InChI is InChI=1S/C16H30O4/c1-4-6-8-10-12-16(13(3)17,15(19)20)14(18)11-9-7-5-2/h13,17H,4-12H2,1-3H3,(H,19,20). The zero-order valence-electron chi connectivity index (χ0n) is 13.2. The molecule has 2 atom stereocenters. The van der Waals surface area contributed by atoms with Crippen LogP contribution in [0.3, 0.4) is 0 Å². The minimum atomic E-state index is -1.61. The highest BCUT2D eigenvalue weighted by atomic mass is 16.4. The van der Waals surface area contributed by atoms with E-state index in [0.717, 1.165) is 32.1 Å². The van der Waals surface area contributed by atoms with Crippen LogP contribution in [0, 0.1) is 5.41 Å². The number of carboxylic acid groups (broad SMARTS) is 1. The van der Waals surface area contributed by atoms with Crippen molar-refractivity contribution < 1.29 is 19.8 Å². The lowest BCUT2D eigenvalue weighted by Gasteiger charge is -2.31. The fraction of sp³-hybridized carbons (Fsp3) is 0.875. The van der Waals surface area contributed by atoms with Crippen molar-refractivity contribution in [2.75, 3.05) is 0 Å². The molecule has 0 aromatic rings. The Labute approximate surface area is 122 Å². The van der Waals surface area contributed by atoms with E-state index in [1.54, 1.807) is 0 Å². The number of carbonyl (C=O) groups excluding carboxylic acids is 1. The summed E-state index contributed by atoms with van der Waals surface area (Å²) in [6.07, 6.45) is 5.60. The van der Waals surface area contributed by atoms with Crippen molar-refractivity contribution in [2.24, 2.45) is 5.41 Å². The molecule has 0 radical (unpaired) electrons. The first-order valence-electron chi connectivity index (χ1n) is 7.88. The lowest BCUT2D eigenvalue weighted by Crippen LogP contribution is -2.47. The summed E-state index contributed by atoms with van der Waals surface area (Å²) in [5.74, 6) is -1.49. The predicted molar refractivity (Wildman–Crippen MR) is 79.7 cm³/mol. The average molecular weight is 286 g/mol. The van der Waals surface area contributed by atoms with Crippen molar-refractivity contribution in [1.29, 1.82) is 0 Å². The van der Waals surface area contributed by atoms with E-state index in [1.807, 2.05) is 6.92 Å². The Morgan fingerprint density at radius 2 is 1.55 bits per heavy atom. The molecule has 20 heavy (non-hydrogen) atoms. The zero-order valence-corrected chi connectivity index (χ0v) is 13.2. The van der Waals surface area contributed by atoms with Crippen LogP contribution in [0.25, 0.3) is 0 Å². The SMILES string of the molecule is CCCCCCC(C(=O)O)(C(=O)CCCCC)C(C)O. The Morgan fingerprint density at radius 3 is 2.00 bits per heavy atom. The van der Waals surface area contributed by atoms with Crippen molar-refractivity contribution in [3.63, 3.8) is 0 Å². The molecule has 0 heterocycles. The summed E-state index contributed by atoms with van der Waals surface area (Å²) >= 11 is 0. The average Bonchev–Trinajstić information content (AvgIpc) is 2.38. The normalized spacial score (nSPS) is 15.6. The van der Waals surface area contributed by atoms with E-state index in [-0.39, 0.29) is 18.6 Å². The minimum absolute atomic E-state index is 0.241. The second-order valence-corrected chi connectivity index (χ2v) is 5.64. The monoisotopic (exact) mass is 286 g/mol. The number of aliphatic hydroxyl groups is 1. The van der Waals surface area contributed by atoms with E-state index in [4.69, 9.17) is 0 Å². The fourth-order valence-electron chi connectivity index (χ4n) is 2.58. The molecule has 0 aromatic heterocycles. The third-order valence-corrected chi connectivity index (χ3v) is 4.02. The molecule has 0 aliphatic rings. The van der Waals surface area contributed by atoms with Gasteiger partial charge in [-0.05, 0) is 19.8 Å². The summed E-state index contributed by atoms with van der Waals surface area (Å²) in [6, 6.07) is 0. The highest BCUT2D eigenvalue weighted by molar-refractivity contribution is 6.03. The van der Waals surface area contributed by atoms with Crippen molar-refractivity contribution in [2.45, 2.75) is 84.7 Å². The van der Waals surface area contributed by atoms with E-state index in [1.165, 1.54) is 6.92 Å². The largest absolute Gasteiger partial charge is 0.480 e. The van der Waals surface area contributed by atoms with Crippen LogP contribution < -0.4 is 0 Å². The number of carboxylic acids is 1. The maximum absolute atomic E-state index is 12.3. The van der Waals surface area contributed by atoms with E-state index >= 15 is 0 Å². The molecular weight excluding hydrogens is 256 g/mol. The van der Waals surface area contributed by atoms with Crippen molar-refractivity contribution >= 4 is 11.8 Å². The Kier molecular flexibility index (Phi) is 9.47. The molecule has 0 aliphatic heterocycles. The summed E-state index contributed by atoms with van der Waals surface area (Å²) in [5, 5.41) is 19.4. The second kappa shape index (κ2) is 9.92. The molecule has 0 rings (SSSR count). The third-order valence-electron chi connectivity index (χ3n) is 4.02. The van der Waals surface area contributed by atoms with Crippen LogP contribution in [0.4, 0.5) is 0 Å². The van der Waals surface area contributed by atoms with Gasteiger partial charge in [0.2, 0.25) is 0 Å². The van der Waals surface area contributed by atoms with Gasteiger partial charge in [-0.1, -0.05) is 52.4 Å². The van der Waals surface area contributed by atoms with Gasteiger partial charge >= 0.3 is 5.97 Å². The molecule has 0 amide bonds. The van der Waals surface area contributed by atoms with Gasteiger partial charge in [0.25, 0.3) is 0 Å². The second-order valence-electron chi connectivity index (χ2n) is 5.64. The van der Waals surface area contributed by atoms with E-state index in [2.05, 4.69) is 6.92 Å². The highest BCUT2D eigenvalue weighted by Crippen LogP contribution is 2.33. The Hall–Kier alpha value is -0.900. The number of unbranched alkanes of at least 4 members (excludes halogenated alkanes) is 5. The Morgan fingerprint density at radius 1 is 1.00 bits per heavy atom. The van der Waals surface area contributed by atoms with Gasteiger partial charge in [0, 0.05) is 6.42 Å². The molecule has 2 N–H and O–H groups in total. The van der Waals surface area contributed by atoms with Gasteiger partial charge in [0.1, 0.15) is 0 Å². The molecule has 118 valence electrons. The maximum atomic E-state index is 12.3. The minimum Gasteiger partial charge on any atom is -0.480 e. The smallest absolute Gasteiger partial charge is 0.319 e. The molecule has 0 saturated carbocycles. The van der Waals surface area contributed by atoms with Gasteiger partial charge < -0.3 is 10.2 Å². The first-order chi connectivity index (χ1) is 9.43. The molecular formula is C16H30O4. The number of ketones is 1. The Balaban J connectivity index is 4.83. The molecule has 0 aromatic carbocycles. The molecule has 0 bridgehead atoms. The molecule has 0 fully saturated rings. The number of hydrogen-bond acceptors (Lipinski definition) is 3. The Bertz CT molecular complexity index is 299. The molecule has 0 aliphatic carbocycles. The van der Waals surface area contributed by atoms with Crippen LogP contribution in [0.5, 0.6) is 0 Å². The molecule has 4 nitrogen and oxygen atoms in total. The van der Waals surface area contributed by atoms with Crippen LogP contribution in [0.2, 0.25) is 0 Å². The van der Waals surface area contributed by atoms with Gasteiger partial charge in [-0.25, -0.2) is 0 Å². The molecule has 2 unspecified atom stereocenters. The zero-order chi connectivity index (χ0) is 15.6. The lowest BCUT2D eigenvalue weighted by molar-refractivity contribution is -0.163. The summed E-state index contributed by atoms with van der Waals surface area (Å²) < 4.78 is 0. The van der Waals surface area contributed by atoms with E-state index < -0.39 is 17.5 Å². The molecule has 0 spiro atoms. The van der Waals surface area contributed by atoms with Crippen LogP contribution in [0.1, 0.15) is 78.6 Å². The van der Waals surface area contributed by atoms with Crippen LogP contribution >= 0.6 is 0 Å². The maximum Gasteiger partial charge on any atom is 0.319 e. The van der Waals surface area contributed by atoms with Crippen molar-refractivity contribution in [3.8, 4) is 0 Å². The van der Waals surface area contributed by atoms with Gasteiger partial charge in [-0.2, -0.15) is 0 Å². The van der Waals surface area contributed by atoms with E-state index in [9.17, 15) is 19.8 Å². The lowest BCUT2D eigenvalue weighted by atomic mass is 9.73. The summed E-state index contributed by atoms with van der Waals surface area (Å²) in [6.45, 7) is 5.54. The van der Waals surface area contributed by atoms with Crippen molar-refractivity contribution in [3.05, 3.63) is 0 Å². The van der Waals surface area contributed by atoms with Gasteiger partial charge in [0.05, 0.1) is 6.10 Å². The number of aliphatic hydroxyl groups excluding tert-OH is 1. The van der Waals surface area contributed by atoms with Crippen LogP contribution in [-0.4, -0.2) is 28.1 Å². The molecule has 4 heteroatoms. The topological polar surface area (TPSA) is 74.6 Å². The number of hydrogen-bond donors (Lipinski definition) is 2. The van der Waals surface area contributed by atoms with Crippen molar-refractivity contribution in [1.82, 2.24) is 0 Å². The van der Waals surface area contributed by atoms with Gasteiger partial charge in [0.15, 0.2) is 11.2 Å². The van der Waals surface area contributed by atoms with Gasteiger partial charge in [-0.3, -0.25) is 9.59 Å².